The van der Waals surface area contributed by atoms with E-state index >= 15 is 0 Å². The predicted molar refractivity (Wildman–Crippen MR) is 79.9 cm³/mol. The van der Waals surface area contributed by atoms with E-state index in [2.05, 4.69) is 35.6 Å². The Morgan fingerprint density at radius 3 is 2.89 bits per heavy atom. The maximum atomic E-state index is 5.57. The second kappa shape index (κ2) is 5.35. The number of rotatable bonds is 3. The molecule has 0 radical (unpaired) electrons. The molecule has 2 aromatic rings. The van der Waals surface area contributed by atoms with E-state index in [-0.39, 0.29) is 0 Å². The first-order chi connectivity index (χ1) is 9.36. The Kier molecular flexibility index (Phi) is 3.41. The summed E-state index contributed by atoms with van der Waals surface area (Å²) in [7, 11) is 0. The van der Waals surface area contributed by atoms with Crippen LogP contribution < -0.4 is 10.1 Å². The number of anilines is 1. The SMILES string of the molecule is CCOc1cccc(-c2ccc3c(c2)NCCC3)c1. The van der Waals surface area contributed by atoms with E-state index in [0.717, 1.165) is 12.3 Å². The van der Waals surface area contributed by atoms with E-state index < -0.39 is 0 Å². The van der Waals surface area contributed by atoms with Gasteiger partial charge in [0.15, 0.2) is 0 Å². The van der Waals surface area contributed by atoms with Gasteiger partial charge >= 0.3 is 0 Å². The molecular weight excluding hydrogens is 234 g/mol. The zero-order valence-electron chi connectivity index (χ0n) is 11.3. The first-order valence-electron chi connectivity index (χ1n) is 6.97. The average Bonchev–Trinajstić information content (AvgIpc) is 2.47. The third kappa shape index (κ3) is 2.58. The predicted octanol–water partition coefficient (Wildman–Crippen LogP) is 4.11. The lowest BCUT2D eigenvalue weighted by Gasteiger charge is -2.19. The van der Waals surface area contributed by atoms with Gasteiger partial charge in [-0.15, -0.1) is 0 Å². The fourth-order valence-corrected chi connectivity index (χ4v) is 2.57. The van der Waals surface area contributed by atoms with Crippen LogP contribution in [-0.2, 0) is 6.42 Å². The summed E-state index contributed by atoms with van der Waals surface area (Å²) in [5.74, 6) is 0.936. The van der Waals surface area contributed by atoms with Gasteiger partial charge < -0.3 is 10.1 Å². The van der Waals surface area contributed by atoms with Crippen molar-refractivity contribution in [1.82, 2.24) is 0 Å². The summed E-state index contributed by atoms with van der Waals surface area (Å²) in [6, 6.07) is 15.0. The van der Waals surface area contributed by atoms with Gasteiger partial charge in [-0.3, -0.25) is 0 Å². The van der Waals surface area contributed by atoms with Crippen molar-refractivity contribution in [2.24, 2.45) is 0 Å². The van der Waals surface area contributed by atoms with Crippen LogP contribution in [0, 0.1) is 0 Å². The molecular formula is C17H19NO. The Balaban J connectivity index is 1.95. The van der Waals surface area contributed by atoms with Crippen LogP contribution in [0.15, 0.2) is 42.5 Å². The van der Waals surface area contributed by atoms with Gasteiger partial charge in [0, 0.05) is 12.2 Å². The highest BCUT2D eigenvalue weighted by atomic mass is 16.5. The summed E-state index contributed by atoms with van der Waals surface area (Å²) >= 11 is 0. The highest BCUT2D eigenvalue weighted by molar-refractivity contribution is 5.71. The highest BCUT2D eigenvalue weighted by Crippen LogP contribution is 2.30. The van der Waals surface area contributed by atoms with Crippen LogP contribution in [-0.4, -0.2) is 13.2 Å². The van der Waals surface area contributed by atoms with Crippen LogP contribution in [0.2, 0.25) is 0 Å². The minimum Gasteiger partial charge on any atom is -0.494 e. The maximum Gasteiger partial charge on any atom is 0.119 e. The molecule has 0 fully saturated rings. The molecule has 0 saturated heterocycles. The number of hydrogen-bond acceptors (Lipinski definition) is 2. The minimum absolute atomic E-state index is 0.704. The van der Waals surface area contributed by atoms with Gasteiger partial charge in [-0.2, -0.15) is 0 Å². The molecule has 0 saturated carbocycles. The van der Waals surface area contributed by atoms with Crippen LogP contribution in [0.4, 0.5) is 5.69 Å². The first-order valence-corrected chi connectivity index (χ1v) is 6.97. The van der Waals surface area contributed by atoms with Crippen LogP contribution in [0.5, 0.6) is 5.75 Å². The summed E-state index contributed by atoms with van der Waals surface area (Å²) in [6.45, 7) is 3.79. The fraction of sp³-hybridized carbons (Fsp3) is 0.294. The topological polar surface area (TPSA) is 21.3 Å². The largest absolute Gasteiger partial charge is 0.494 e. The molecule has 19 heavy (non-hydrogen) atoms. The number of ether oxygens (including phenoxy) is 1. The van der Waals surface area contributed by atoms with Gasteiger partial charge in [-0.1, -0.05) is 24.3 Å². The van der Waals surface area contributed by atoms with Crippen molar-refractivity contribution in [3.63, 3.8) is 0 Å². The van der Waals surface area contributed by atoms with Crippen molar-refractivity contribution in [2.75, 3.05) is 18.5 Å². The Morgan fingerprint density at radius 2 is 2.00 bits per heavy atom. The van der Waals surface area contributed by atoms with Crippen LogP contribution in [0.1, 0.15) is 18.9 Å². The molecule has 3 rings (SSSR count). The van der Waals surface area contributed by atoms with Crippen LogP contribution in [0.25, 0.3) is 11.1 Å². The van der Waals surface area contributed by atoms with E-state index in [9.17, 15) is 0 Å². The fourth-order valence-electron chi connectivity index (χ4n) is 2.57. The molecule has 0 unspecified atom stereocenters. The lowest BCUT2D eigenvalue weighted by Crippen LogP contribution is -2.11. The summed E-state index contributed by atoms with van der Waals surface area (Å²) in [5, 5.41) is 3.48. The number of benzene rings is 2. The number of aryl methyl sites for hydroxylation is 1. The molecule has 0 aliphatic carbocycles. The molecule has 0 atom stereocenters. The van der Waals surface area contributed by atoms with Crippen LogP contribution >= 0.6 is 0 Å². The molecule has 1 aliphatic rings. The third-order valence-corrected chi connectivity index (χ3v) is 3.53. The lowest BCUT2D eigenvalue weighted by atomic mass is 9.98. The number of hydrogen-bond donors (Lipinski definition) is 1. The van der Waals surface area contributed by atoms with Crippen molar-refractivity contribution in [1.29, 1.82) is 0 Å². The summed E-state index contributed by atoms with van der Waals surface area (Å²) in [4.78, 5) is 0. The second-order valence-electron chi connectivity index (χ2n) is 4.86. The van der Waals surface area contributed by atoms with Gasteiger partial charge in [-0.25, -0.2) is 0 Å². The van der Waals surface area contributed by atoms with E-state index in [1.54, 1.807) is 0 Å². The summed E-state index contributed by atoms with van der Waals surface area (Å²) in [6.07, 6.45) is 2.41. The standard InChI is InChI=1S/C17H19NO/c1-2-19-16-7-3-5-14(11-16)15-9-8-13-6-4-10-18-17(13)12-15/h3,5,7-9,11-12,18H,2,4,6,10H2,1H3. The van der Waals surface area contributed by atoms with Crippen molar-refractivity contribution in [3.05, 3.63) is 48.0 Å². The molecule has 0 amide bonds. The van der Waals surface area contributed by atoms with Crippen molar-refractivity contribution < 1.29 is 4.74 Å². The smallest absolute Gasteiger partial charge is 0.119 e. The lowest BCUT2D eigenvalue weighted by molar-refractivity contribution is 0.340. The van der Waals surface area contributed by atoms with E-state index in [1.165, 1.54) is 35.2 Å². The number of fused-ring (bicyclic) bond motifs is 1. The summed E-state index contributed by atoms with van der Waals surface area (Å²) < 4.78 is 5.57. The quantitative estimate of drug-likeness (QED) is 0.888. The van der Waals surface area contributed by atoms with Crippen LogP contribution in [0.3, 0.4) is 0 Å². The van der Waals surface area contributed by atoms with Gasteiger partial charge in [-0.05, 0) is 54.7 Å². The molecule has 0 aromatic heterocycles. The van der Waals surface area contributed by atoms with E-state index in [4.69, 9.17) is 4.74 Å². The molecule has 1 heterocycles. The second-order valence-corrected chi connectivity index (χ2v) is 4.86. The summed E-state index contributed by atoms with van der Waals surface area (Å²) in [5.41, 5.74) is 5.16. The highest BCUT2D eigenvalue weighted by Gasteiger charge is 2.09. The van der Waals surface area contributed by atoms with E-state index in [0.29, 0.717) is 6.61 Å². The molecule has 2 aromatic carbocycles. The van der Waals surface area contributed by atoms with Crippen molar-refractivity contribution in [3.8, 4) is 16.9 Å². The van der Waals surface area contributed by atoms with E-state index in [1.807, 2.05) is 19.1 Å². The Hall–Kier alpha value is -1.96. The molecule has 98 valence electrons. The molecule has 0 bridgehead atoms. The average molecular weight is 253 g/mol. The Labute approximate surface area is 114 Å². The van der Waals surface area contributed by atoms with Gasteiger partial charge in [0.1, 0.15) is 5.75 Å². The van der Waals surface area contributed by atoms with Gasteiger partial charge in [0.05, 0.1) is 6.61 Å². The van der Waals surface area contributed by atoms with Gasteiger partial charge in [0.2, 0.25) is 0 Å². The Bertz CT molecular complexity index is 577. The van der Waals surface area contributed by atoms with Crippen molar-refractivity contribution >= 4 is 5.69 Å². The molecule has 1 N–H and O–H groups in total. The monoisotopic (exact) mass is 253 g/mol. The number of nitrogens with one attached hydrogen (secondary N) is 1. The normalized spacial score (nSPS) is 13.5. The zero-order chi connectivity index (χ0) is 13.1. The molecule has 0 spiro atoms. The third-order valence-electron chi connectivity index (χ3n) is 3.53. The first kappa shape index (κ1) is 12.1. The minimum atomic E-state index is 0.704. The van der Waals surface area contributed by atoms with Crippen molar-refractivity contribution in [2.45, 2.75) is 19.8 Å². The zero-order valence-corrected chi connectivity index (χ0v) is 11.3. The molecule has 2 nitrogen and oxygen atoms in total. The van der Waals surface area contributed by atoms with Gasteiger partial charge in [0.25, 0.3) is 0 Å². The molecule has 2 heteroatoms. The maximum absolute atomic E-state index is 5.57. The molecule has 1 aliphatic heterocycles. The Morgan fingerprint density at radius 1 is 1.11 bits per heavy atom.